The predicted octanol–water partition coefficient (Wildman–Crippen LogP) is 4.07. The van der Waals surface area contributed by atoms with Gasteiger partial charge in [-0.2, -0.15) is 0 Å². The van der Waals surface area contributed by atoms with Gasteiger partial charge in [-0.25, -0.2) is 4.98 Å². The molecule has 1 aliphatic heterocycles. The van der Waals surface area contributed by atoms with E-state index < -0.39 is 0 Å². The molecule has 1 N–H and O–H groups in total. The van der Waals surface area contributed by atoms with Crippen molar-refractivity contribution >= 4 is 34.2 Å². The number of imide groups is 1. The first-order valence-corrected chi connectivity index (χ1v) is 10.8. The van der Waals surface area contributed by atoms with Crippen LogP contribution >= 0.6 is 11.3 Å². The van der Waals surface area contributed by atoms with Crippen molar-refractivity contribution in [2.24, 2.45) is 0 Å². The zero-order chi connectivity index (χ0) is 20.7. The van der Waals surface area contributed by atoms with E-state index in [-0.39, 0.29) is 29.8 Å². The standard InChI is InChI=1S/C23H19N3O3S/c27-20(25-23-24-18-8-4-5-9-19(18)30-23)15-10-11-16-17(12-15)22(29)26(21(16)28)13-14-6-2-1-3-7-14/h1-3,6-7,10-12H,4-5,8-9,13H2,(H,24,25,27). The highest BCUT2D eigenvalue weighted by Gasteiger charge is 2.36. The van der Waals surface area contributed by atoms with Crippen molar-refractivity contribution in [3.8, 4) is 0 Å². The van der Waals surface area contributed by atoms with Gasteiger partial charge in [0.25, 0.3) is 17.7 Å². The predicted molar refractivity (Wildman–Crippen MR) is 114 cm³/mol. The highest BCUT2D eigenvalue weighted by Crippen LogP contribution is 2.30. The van der Waals surface area contributed by atoms with Crippen LogP contribution in [-0.2, 0) is 19.4 Å². The smallest absolute Gasteiger partial charge is 0.261 e. The number of carbonyl (C=O) groups is 3. The van der Waals surface area contributed by atoms with Crippen molar-refractivity contribution in [2.45, 2.75) is 32.2 Å². The molecule has 0 atom stereocenters. The Labute approximate surface area is 177 Å². The van der Waals surface area contributed by atoms with E-state index in [1.807, 2.05) is 30.3 Å². The lowest BCUT2D eigenvalue weighted by molar-refractivity contribution is 0.0642. The Morgan fingerprint density at radius 2 is 1.77 bits per heavy atom. The Morgan fingerprint density at radius 1 is 1.00 bits per heavy atom. The fraction of sp³-hybridized carbons (Fsp3) is 0.217. The van der Waals surface area contributed by atoms with E-state index >= 15 is 0 Å². The number of aryl methyl sites for hydroxylation is 2. The summed E-state index contributed by atoms with van der Waals surface area (Å²) in [7, 11) is 0. The highest BCUT2D eigenvalue weighted by atomic mass is 32.1. The molecule has 5 rings (SSSR count). The van der Waals surface area contributed by atoms with Gasteiger partial charge >= 0.3 is 0 Å². The van der Waals surface area contributed by atoms with Crippen LogP contribution < -0.4 is 5.32 Å². The number of hydrogen-bond donors (Lipinski definition) is 1. The summed E-state index contributed by atoms with van der Waals surface area (Å²) in [5.41, 5.74) is 2.88. The lowest BCUT2D eigenvalue weighted by Crippen LogP contribution is -2.29. The average molecular weight is 417 g/mol. The van der Waals surface area contributed by atoms with Gasteiger partial charge in [-0.3, -0.25) is 24.6 Å². The largest absolute Gasteiger partial charge is 0.298 e. The van der Waals surface area contributed by atoms with Gasteiger partial charge in [0.05, 0.1) is 23.4 Å². The minimum absolute atomic E-state index is 0.208. The molecule has 7 heteroatoms. The Bertz CT molecular complexity index is 1150. The topological polar surface area (TPSA) is 79.4 Å². The van der Waals surface area contributed by atoms with Crippen LogP contribution in [0.2, 0.25) is 0 Å². The van der Waals surface area contributed by atoms with Crippen LogP contribution in [0.1, 0.15) is 60.1 Å². The lowest BCUT2D eigenvalue weighted by Gasteiger charge is -2.13. The molecule has 0 radical (unpaired) electrons. The summed E-state index contributed by atoms with van der Waals surface area (Å²) < 4.78 is 0. The molecule has 0 fully saturated rings. The van der Waals surface area contributed by atoms with E-state index in [4.69, 9.17) is 0 Å². The first-order chi connectivity index (χ1) is 14.6. The molecule has 2 aromatic carbocycles. The quantitative estimate of drug-likeness (QED) is 0.649. The molecular weight excluding hydrogens is 398 g/mol. The SMILES string of the molecule is O=C(Nc1nc2c(s1)CCCC2)c1ccc2c(c1)C(=O)N(Cc1ccccc1)C2=O. The van der Waals surface area contributed by atoms with Crippen molar-refractivity contribution in [3.05, 3.63) is 81.4 Å². The molecule has 0 saturated heterocycles. The summed E-state index contributed by atoms with van der Waals surface area (Å²) >= 11 is 1.51. The first kappa shape index (κ1) is 18.7. The molecule has 3 amide bonds. The summed E-state index contributed by atoms with van der Waals surface area (Å²) in [5.74, 6) is -1.04. The summed E-state index contributed by atoms with van der Waals surface area (Å²) in [4.78, 5) is 45.3. The monoisotopic (exact) mass is 417 g/mol. The number of thiazole rings is 1. The summed E-state index contributed by atoms with van der Waals surface area (Å²) in [5, 5.41) is 3.43. The third-order valence-corrected chi connectivity index (χ3v) is 6.56. The molecular formula is C23H19N3O3S. The second kappa shape index (κ2) is 7.50. The molecule has 0 saturated carbocycles. The molecule has 2 heterocycles. The van der Waals surface area contributed by atoms with Gasteiger partial charge in [-0.15, -0.1) is 11.3 Å². The number of carbonyl (C=O) groups excluding carboxylic acids is 3. The van der Waals surface area contributed by atoms with Crippen molar-refractivity contribution in [2.75, 3.05) is 5.32 Å². The van der Waals surface area contributed by atoms with Gasteiger partial charge in [0, 0.05) is 10.4 Å². The van der Waals surface area contributed by atoms with Crippen LogP contribution in [0.3, 0.4) is 0 Å². The summed E-state index contributed by atoms with van der Waals surface area (Å²) in [6.45, 7) is 0.208. The molecule has 0 unspecified atom stereocenters. The van der Waals surface area contributed by atoms with Gasteiger partial charge in [0.1, 0.15) is 0 Å². The summed E-state index contributed by atoms with van der Waals surface area (Å²) in [6.07, 6.45) is 4.25. The van der Waals surface area contributed by atoms with E-state index in [1.165, 1.54) is 27.2 Å². The number of benzene rings is 2. The zero-order valence-corrected chi connectivity index (χ0v) is 17.0. The number of nitrogens with one attached hydrogen (secondary N) is 1. The number of nitrogens with zero attached hydrogens (tertiary/aromatic N) is 2. The maximum atomic E-state index is 12.8. The van der Waals surface area contributed by atoms with Crippen molar-refractivity contribution in [3.63, 3.8) is 0 Å². The normalized spacial score (nSPS) is 15.1. The first-order valence-electron chi connectivity index (χ1n) is 9.94. The lowest BCUT2D eigenvalue weighted by atomic mass is 10.0. The second-order valence-corrected chi connectivity index (χ2v) is 8.58. The van der Waals surface area contributed by atoms with E-state index in [1.54, 1.807) is 12.1 Å². The molecule has 150 valence electrons. The van der Waals surface area contributed by atoms with Crippen molar-refractivity contribution in [1.82, 2.24) is 9.88 Å². The minimum atomic E-state index is -0.377. The molecule has 30 heavy (non-hydrogen) atoms. The fourth-order valence-electron chi connectivity index (χ4n) is 3.92. The van der Waals surface area contributed by atoms with Gasteiger partial charge in [-0.05, 0) is 49.4 Å². The van der Waals surface area contributed by atoms with Crippen LogP contribution in [-0.4, -0.2) is 27.6 Å². The van der Waals surface area contributed by atoms with Gasteiger partial charge in [0.2, 0.25) is 0 Å². The molecule has 3 aromatic rings. The maximum Gasteiger partial charge on any atom is 0.261 e. The van der Waals surface area contributed by atoms with Gasteiger partial charge in [0.15, 0.2) is 5.13 Å². The van der Waals surface area contributed by atoms with E-state index in [2.05, 4.69) is 10.3 Å². The van der Waals surface area contributed by atoms with Gasteiger partial charge in [-0.1, -0.05) is 30.3 Å². The molecule has 1 aliphatic carbocycles. The molecule has 1 aromatic heterocycles. The van der Waals surface area contributed by atoms with E-state index in [9.17, 15) is 14.4 Å². The van der Waals surface area contributed by atoms with Crippen LogP contribution in [0.25, 0.3) is 0 Å². The maximum absolute atomic E-state index is 12.8. The van der Waals surface area contributed by atoms with Crippen LogP contribution in [0.4, 0.5) is 5.13 Å². The molecule has 0 spiro atoms. The summed E-state index contributed by atoms with van der Waals surface area (Å²) in [6, 6.07) is 14.0. The zero-order valence-electron chi connectivity index (χ0n) is 16.2. The average Bonchev–Trinajstić information content (AvgIpc) is 3.28. The van der Waals surface area contributed by atoms with E-state index in [0.29, 0.717) is 16.3 Å². The Balaban J connectivity index is 1.36. The fourth-order valence-corrected chi connectivity index (χ4v) is 4.96. The number of amides is 3. The third kappa shape index (κ3) is 3.31. The molecule has 2 aliphatic rings. The van der Waals surface area contributed by atoms with E-state index in [0.717, 1.165) is 36.9 Å². The minimum Gasteiger partial charge on any atom is -0.298 e. The van der Waals surface area contributed by atoms with Crippen molar-refractivity contribution in [1.29, 1.82) is 0 Å². The van der Waals surface area contributed by atoms with Gasteiger partial charge < -0.3 is 0 Å². The number of aromatic nitrogens is 1. The molecule has 0 bridgehead atoms. The third-order valence-electron chi connectivity index (χ3n) is 5.48. The van der Waals surface area contributed by atoms with Crippen molar-refractivity contribution < 1.29 is 14.4 Å². The number of fused-ring (bicyclic) bond motifs is 2. The highest BCUT2D eigenvalue weighted by molar-refractivity contribution is 7.15. The number of hydrogen-bond acceptors (Lipinski definition) is 5. The van der Waals surface area contributed by atoms with Crippen LogP contribution in [0.15, 0.2) is 48.5 Å². The number of anilines is 1. The Kier molecular flexibility index (Phi) is 4.67. The second-order valence-electron chi connectivity index (χ2n) is 7.49. The number of rotatable bonds is 4. The molecule has 6 nitrogen and oxygen atoms in total. The Morgan fingerprint density at radius 3 is 2.57 bits per heavy atom. The van der Waals surface area contributed by atoms with Crippen LogP contribution in [0.5, 0.6) is 0 Å². The van der Waals surface area contributed by atoms with Crippen LogP contribution in [0, 0.1) is 0 Å². The Hall–Kier alpha value is -3.32.